The Morgan fingerprint density at radius 3 is 2.44 bits per heavy atom. The van der Waals surface area contributed by atoms with Crippen LogP contribution in [-0.4, -0.2) is 32.7 Å². The zero-order chi connectivity index (χ0) is 13.9. The SMILES string of the molecule is CC(=O)C(C)(NO)C(=N)c1ccccc1S(C)=O. The van der Waals surface area contributed by atoms with Crippen LogP contribution in [0.4, 0.5) is 0 Å². The Labute approximate surface area is 108 Å². The number of carbonyl (C=O) groups is 1. The molecule has 1 aromatic rings. The fourth-order valence-corrected chi connectivity index (χ4v) is 2.25. The maximum atomic E-state index is 11.6. The number of rotatable bonds is 5. The van der Waals surface area contributed by atoms with Crippen LogP contribution >= 0.6 is 0 Å². The molecule has 0 spiro atoms. The van der Waals surface area contributed by atoms with E-state index in [2.05, 4.69) is 0 Å². The van der Waals surface area contributed by atoms with E-state index in [1.165, 1.54) is 20.1 Å². The second-order valence-electron chi connectivity index (χ2n) is 4.12. The lowest BCUT2D eigenvalue weighted by molar-refractivity contribution is -0.123. The van der Waals surface area contributed by atoms with Gasteiger partial charge in [-0.25, -0.2) is 0 Å². The number of nitrogens with one attached hydrogen (secondary N) is 2. The first-order valence-corrected chi connectivity index (χ1v) is 6.84. The molecule has 5 nitrogen and oxygen atoms in total. The van der Waals surface area contributed by atoms with Crippen molar-refractivity contribution >= 4 is 22.3 Å². The van der Waals surface area contributed by atoms with Crippen molar-refractivity contribution in [2.45, 2.75) is 24.3 Å². The van der Waals surface area contributed by atoms with E-state index in [0.29, 0.717) is 10.5 Å². The van der Waals surface area contributed by atoms with Crippen molar-refractivity contribution in [2.75, 3.05) is 6.26 Å². The second-order valence-corrected chi connectivity index (χ2v) is 5.47. The lowest BCUT2D eigenvalue weighted by atomic mass is 9.88. The molecule has 2 atom stereocenters. The highest BCUT2D eigenvalue weighted by Gasteiger charge is 2.36. The van der Waals surface area contributed by atoms with Crippen LogP contribution in [0, 0.1) is 5.41 Å². The lowest BCUT2D eigenvalue weighted by Crippen LogP contribution is -2.53. The molecule has 98 valence electrons. The van der Waals surface area contributed by atoms with Crippen molar-refractivity contribution in [1.82, 2.24) is 5.48 Å². The van der Waals surface area contributed by atoms with Crippen molar-refractivity contribution in [3.05, 3.63) is 29.8 Å². The minimum absolute atomic E-state index is 0.108. The fraction of sp³-hybridized carbons (Fsp3) is 0.333. The van der Waals surface area contributed by atoms with E-state index in [9.17, 15) is 9.00 Å². The monoisotopic (exact) mass is 268 g/mol. The predicted octanol–water partition coefficient (Wildman–Crippen LogP) is 1.12. The Bertz CT molecular complexity index is 516. The third-order valence-electron chi connectivity index (χ3n) is 2.89. The van der Waals surface area contributed by atoms with Gasteiger partial charge in [-0.15, -0.1) is 0 Å². The topological polar surface area (TPSA) is 90.2 Å². The van der Waals surface area contributed by atoms with Crippen LogP contribution in [0.25, 0.3) is 0 Å². The van der Waals surface area contributed by atoms with Gasteiger partial charge in [0.25, 0.3) is 0 Å². The number of hydrogen-bond donors (Lipinski definition) is 3. The normalized spacial score (nSPS) is 15.8. The van der Waals surface area contributed by atoms with Gasteiger partial charge in [-0.05, 0) is 19.9 Å². The maximum absolute atomic E-state index is 11.6. The molecule has 0 bridgehead atoms. The van der Waals surface area contributed by atoms with Crippen molar-refractivity contribution in [2.24, 2.45) is 0 Å². The summed E-state index contributed by atoms with van der Waals surface area (Å²) in [5.41, 5.74) is 0.643. The molecule has 18 heavy (non-hydrogen) atoms. The van der Waals surface area contributed by atoms with Crippen LogP contribution < -0.4 is 5.48 Å². The Balaban J connectivity index is 3.35. The van der Waals surface area contributed by atoms with Crippen LogP contribution in [0.3, 0.4) is 0 Å². The highest BCUT2D eigenvalue weighted by atomic mass is 32.2. The van der Waals surface area contributed by atoms with Gasteiger partial charge >= 0.3 is 0 Å². The van der Waals surface area contributed by atoms with Gasteiger partial charge in [0.15, 0.2) is 5.78 Å². The molecule has 3 N–H and O–H groups in total. The smallest absolute Gasteiger partial charge is 0.157 e. The third-order valence-corrected chi connectivity index (χ3v) is 3.87. The summed E-state index contributed by atoms with van der Waals surface area (Å²) in [6, 6.07) is 6.65. The van der Waals surface area contributed by atoms with Crippen LogP contribution in [-0.2, 0) is 15.6 Å². The zero-order valence-electron chi connectivity index (χ0n) is 10.5. The van der Waals surface area contributed by atoms with Gasteiger partial charge in [-0.2, -0.15) is 5.48 Å². The van der Waals surface area contributed by atoms with Gasteiger partial charge in [0.1, 0.15) is 5.54 Å². The highest BCUT2D eigenvalue weighted by Crippen LogP contribution is 2.20. The van der Waals surface area contributed by atoms with Gasteiger partial charge < -0.3 is 10.6 Å². The fourth-order valence-electron chi connectivity index (χ4n) is 1.50. The number of hydroxylamine groups is 1. The Kier molecular flexibility index (Phi) is 4.50. The number of hydrogen-bond acceptors (Lipinski definition) is 5. The van der Waals surface area contributed by atoms with Gasteiger partial charge in [0, 0.05) is 16.7 Å². The summed E-state index contributed by atoms with van der Waals surface area (Å²) in [6.45, 7) is 2.69. The molecule has 0 radical (unpaired) electrons. The second kappa shape index (κ2) is 5.51. The molecular formula is C12H16N2O3S. The van der Waals surface area contributed by atoms with Crippen molar-refractivity contribution in [3.8, 4) is 0 Å². The summed E-state index contributed by atoms with van der Waals surface area (Å²) in [5.74, 6) is -0.397. The average molecular weight is 268 g/mol. The molecule has 0 aromatic heterocycles. The standard InChI is InChI=1S/C12H16N2O3S/c1-8(15)12(2,14-16)11(13)9-6-4-5-7-10(9)18(3)17/h4-7,13-14,16H,1-3H3. The summed E-state index contributed by atoms with van der Waals surface area (Å²) in [4.78, 5) is 12.0. The molecule has 6 heteroatoms. The Morgan fingerprint density at radius 2 is 2.00 bits per heavy atom. The average Bonchev–Trinajstić information content (AvgIpc) is 2.36. The van der Waals surface area contributed by atoms with E-state index < -0.39 is 22.1 Å². The largest absolute Gasteiger partial charge is 0.315 e. The number of Topliss-reactive ketones (excluding diaryl/α,β-unsaturated/α-hetero) is 1. The molecule has 0 aliphatic heterocycles. The van der Waals surface area contributed by atoms with E-state index in [1.54, 1.807) is 24.3 Å². The Hall–Kier alpha value is -1.37. The molecule has 0 heterocycles. The molecule has 0 saturated carbocycles. The van der Waals surface area contributed by atoms with Gasteiger partial charge in [0.2, 0.25) is 0 Å². The minimum Gasteiger partial charge on any atom is -0.315 e. The van der Waals surface area contributed by atoms with Gasteiger partial charge in [-0.3, -0.25) is 9.00 Å². The van der Waals surface area contributed by atoms with Crippen LogP contribution in [0.1, 0.15) is 19.4 Å². The molecule has 0 aliphatic carbocycles. The molecular weight excluding hydrogens is 252 g/mol. The first-order chi connectivity index (χ1) is 8.34. The first kappa shape index (κ1) is 14.7. The molecule has 1 rings (SSSR count). The maximum Gasteiger partial charge on any atom is 0.157 e. The number of benzene rings is 1. The molecule has 0 amide bonds. The van der Waals surface area contributed by atoms with Crippen molar-refractivity contribution < 1.29 is 14.2 Å². The minimum atomic E-state index is -1.50. The first-order valence-electron chi connectivity index (χ1n) is 5.28. The van der Waals surface area contributed by atoms with E-state index in [4.69, 9.17) is 10.6 Å². The van der Waals surface area contributed by atoms with E-state index in [0.717, 1.165) is 0 Å². The highest BCUT2D eigenvalue weighted by molar-refractivity contribution is 7.84. The summed E-state index contributed by atoms with van der Waals surface area (Å²) in [7, 11) is -1.27. The number of carbonyl (C=O) groups excluding carboxylic acids is 1. The summed E-state index contributed by atoms with van der Waals surface area (Å²) >= 11 is 0. The lowest BCUT2D eigenvalue weighted by Gasteiger charge is -2.26. The van der Waals surface area contributed by atoms with Crippen molar-refractivity contribution in [1.29, 1.82) is 5.41 Å². The third kappa shape index (κ3) is 2.55. The molecule has 0 aliphatic rings. The zero-order valence-corrected chi connectivity index (χ0v) is 11.3. The van der Waals surface area contributed by atoms with Gasteiger partial charge in [-0.1, -0.05) is 18.2 Å². The summed E-state index contributed by atoms with van der Waals surface area (Å²) in [6.07, 6.45) is 1.50. The Morgan fingerprint density at radius 1 is 1.44 bits per heavy atom. The van der Waals surface area contributed by atoms with Crippen LogP contribution in [0.15, 0.2) is 29.2 Å². The van der Waals surface area contributed by atoms with Gasteiger partial charge in [0.05, 0.1) is 16.5 Å². The molecule has 0 saturated heterocycles. The quantitative estimate of drug-likeness (QED) is 0.551. The van der Waals surface area contributed by atoms with E-state index in [1.807, 2.05) is 5.48 Å². The predicted molar refractivity (Wildman–Crippen MR) is 69.6 cm³/mol. The van der Waals surface area contributed by atoms with Crippen LogP contribution in [0.2, 0.25) is 0 Å². The summed E-state index contributed by atoms with van der Waals surface area (Å²) < 4.78 is 11.6. The molecule has 0 fully saturated rings. The molecule has 2 unspecified atom stereocenters. The van der Waals surface area contributed by atoms with E-state index in [-0.39, 0.29) is 5.71 Å². The number of ketones is 1. The molecule has 1 aromatic carbocycles. The van der Waals surface area contributed by atoms with E-state index >= 15 is 0 Å². The van der Waals surface area contributed by atoms with Crippen LogP contribution in [0.5, 0.6) is 0 Å². The van der Waals surface area contributed by atoms with Crippen molar-refractivity contribution in [3.63, 3.8) is 0 Å². The summed E-state index contributed by atoms with van der Waals surface area (Å²) in [5, 5.41) is 17.2.